The molecule has 4 amide bonds. The second-order valence-electron chi connectivity index (χ2n) is 8.45. The van der Waals surface area contributed by atoms with Crippen LogP contribution in [0.1, 0.15) is 35.7 Å². The number of likely N-dealkylation sites (tertiary alicyclic amines) is 1. The number of urea groups is 1. The number of carbonyl (C=O) groups excluding carboxylic acids is 3. The maximum atomic E-state index is 13.2. The molecule has 6 nitrogen and oxygen atoms in total. The summed E-state index contributed by atoms with van der Waals surface area (Å²) < 4.78 is 0. The number of hydrogen-bond donors (Lipinski definition) is 2. The molecule has 2 aromatic rings. The average Bonchev–Trinajstić information content (AvgIpc) is 3.04. The van der Waals surface area contributed by atoms with Crippen LogP contribution in [0.15, 0.2) is 59.5 Å². The van der Waals surface area contributed by atoms with Crippen LogP contribution in [0.25, 0.3) is 0 Å². The van der Waals surface area contributed by atoms with Gasteiger partial charge in [-0.15, -0.1) is 11.8 Å². The summed E-state index contributed by atoms with van der Waals surface area (Å²) in [7, 11) is 0. The second kappa shape index (κ2) is 9.14. The number of amides is 4. The van der Waals surface area contributed by atoms with Crippen LogP contribution in [0.2, 0.25) is 0 Å². The van der Waals surface area contributed by atoms with Gasteiger partial charge in [0.25, 0.3) is 11.8 Å². The highest BCUT2D eigenvalue weighted by atomic mass is 32.2. The molecule has 2 aliphatic rings. The van der Waals surface area contributed by atoms with Crippen LogP contribution < -0.4 is 10.6 Å². The van der Waals surface area contributed by atoms with Gasteiger partial charge in [-0.1, -0.05) is 42.5 Å². The van der Waals surface area contributed by atoms with Crippen molar-refractivity contribution in [3.05, 3.63) is 65.7 Å². The van der Waals surface area contributed by atoms with E-state index in [0.29, 0.717) is 17.2 Å². The third-order valence-corrected chi connectivity index (χ3v) is 7.41. The fourth-order valence-corrected chi connectivity index (χ4v) is 5.26. The van der Waals surface area contributed by atoms with E-state index in [0.717, 1.165) is 37.2 Å². The molecule has 162 valence electrons. The summed E-state index contributed by atoms with van der Waals surface area (Å²) in [5.41, 5.74) is 1.03. The first-order valence-corrected chi connectivity index (χ1v) is 11.6. The van der Waals surface area contributed by atoms with Crippen LogP contribution in [0.4, 0.5) is 4.79 Å². The molecule has 2 aromatic carbocycles. The van der Waals surface area contributed by atoms with Crippen molar-refractivity contribution < 1.29 is 14.4 Å². The molecule has 0 aliphatic carbocycles. The quantitative estimate of drug-likeness (QED) is 0.536. The van der Waals surface area contributed by atoms with Crippen molar-refractivity contribution in [1.82, 2.24) is 15.5 Å². The molecule has 4 rings (SSSR count). The topological polar surface area (TPSA) is 78.5 Å². The van der Waals surface area contributed by atoms with Crippen molar-refractivity contribution in [2.45, 2.75) is 36.6 Å². The van der Waals surface area contributed by atoms with Crippen LogP contribution in [0, 0.1) is 5.92 Å². The first-order chi connectivity index (χ1) is 14.9. The molecule has 2 heterocycles. The van der Waals surface area contributed by atoms with Crippen molar-refractivity contribution in [2.24, 2.45) is 5.92 Å². The summed E-state index contributed by atoms with van der Waals surface area (Å²) in [6.45, 7) is 3.21. The van der Waals surface area contributed by atoms with Gasteiger partial charge in [-0.2, -0.15) is 0 Å². The highest BCUT2D eigenvalue weighted by molar-refractivity contribution is 7.99. The predicted molar refractivity (Wildman–Crippen MR) is 121 cm³/mol. The largest absolute Gasteiger partial charge is 0.339 e. The smallest absolute Gasteiger partial charge is 0.322 e. The van der Waals surface area contributed by atoms with E-state index in [-0.39, 0.29) is 11.8 Å². The Morgan fingerprint density at radius 3 is 2.42 bits per heavy atom. The summed E-state index contributed by atoms with van der Waals surface area (Å²) >= 11 is 1.42. The number of hydrogen-bond acceptors (Lipinski definition) is 4. The van der Waals surface area contributed by atoms with Crippen molar-refractivity contribution in [2.75, 3.05) is 18.8 Å². The number of thioether (sulfide) groups is 1. The van der Waals surface area contributed by atoms with Gasteiger partial charge < -0.3 is 10.2 Å². The van der Waals surface area contributed by atoms with Crippen LogP contribution in [0.3, 0.4) is 0 Å². The molecule has 1 atom stereocenters. The van der Waals surface area contributed by atoms with Crippen molar-refractivity contribution in [3.8, 4) is 0 Å². The lowest BCUT2D eigenvalue weighted by Gasteiger charge is -2.32. The average molecular weight is 438 g/mol. The molecule has 0 aromatic heterocycles. The van der Waals surface area contributed by atoms with Crippen molar-refractivity contribution >= 4 is 29.6 Å². The second-order valence-corrected chi connectivity index (χ2v) is 9.47. The van der Waals surface area contributed by atoms with Gasteiger partial charge in [0.1, 0.15) is 5.54 Å². The first-order valence-electron chi connectivity index (χ1n) is 10.6. The summed E-state index contributed by atoms with van der Waals surface area (Å²) in [4.78, 5) is 39.6. The summed E-state index contributed by atoms with van der Waals surface area (Å²) in [6, 6.07) is 17.5. The zero-order valence-electron chi connectivity index (χ0n) is 17.6. The SMILES string of the molecule is C[C@]1(CSc2ccccc2C(=O)N2CCC(Cc3ccccc3)CC2)NC(=O)NC1=O. The van der Waals surface area contributed by atoms with Gasteiger partial charge in [0.05, 0.1) is 5.56 Å². The fraction of sp³-hybridized carbons (Fsp3) is 0.375. The van der Waals surface area contributed by atoms with Crippen molar-refractivity contribution in [1.29, 1.82) is 0 Å². The maximum Gasteiger partial charge on any atom is 0.322 e. The summed E-state index contributed by atoms with van der Waals surface area (Å²) in [5.74, 6) is 0.648. The van der Waals surface area contributed by atoms with Crippen molar-refractivity contribution in [3.63, 3.8) is 0 Å². The van der Waals surface area contributed by atoms with E-state index < -0.39 is 11.6 Å². The number of piperidine rings is 1. The fourth-order valence-electron chi connectivity index (χ4n) is 4.13. The van der Waals surface area contributed by atoms with E-state index in [1.54, 1.807) is 6.92 Å². The van der Waals surface area contributed by atoms with E-state index in [1.807, 2.05) is 35.2 Å². The molecule has 31 heavy (non-hydrogen) atoms. The molecular formula is C24H27N3O3S. The molecular weight excluding hydrogens is 410 g/mol. The molecule has 0 radical (unpaired) electrons. The number of nitrogens with one attached hydrogen (secondary N) is 2. The Kier molecular flexibility index (Phi) is 6.32. The number of rotatable bonds is 6. The minimum absolute atomic E-state index is 0.0336. The molecule has 0 saturated carbocycles. The van der Waals surface area contributed by atoms with Crippen LogP contribution in [-0.4, -0.2) is 47.1 Å². The molecule has 2 fully saturated rings. The molecule has 2 saturated heterocycles. The van der Waals surface area contributed by atoms with Gasteiger partial charge in [0.15, 0.2) is 0 Å². The van der Waals surface area contributed by atoms with Gasteiger partial charge in [-0.25, -0.2) is 4.79 Å². The molecule has 2 aliphatic heterocycles. The highest BCUT2D eigenvalue weighted by Crippen LogP contribution is 2.30. The van der Waals surface area contributed by atoms with Gasteiger partial charge >= 0.3 is 6.03 Å². The lowest BCUT2D eigenvalue weighted by atomic mass is 9.90. The third-order valence-electron chi connectivity index (χ3n) is 6.02. The van der Waals surface area contributed by atoms with Crippen LogP contribution in [-0.2, 0) is 11.2 Å². The third kappa shape index (κ3) is 4.93. The van der Waals surface area contributed by atoms with E-state index in [9.17, 15) is 14.4 Å². The Morgan fingerprint density at radius 2 is 1.74 bits per heavy atom. The summed E-state index contributed by atoms with van der Waals surface area (Å²) in [5, 5.41) is 4.95. The Balaban J connectivity index is 1.37. The van der Waals surface area contributed by atoms with Gasteiger partial charge in [0, 0.05) is 23.7 Å². The van der Waals surface area contributed by atoms with Gasteiger partial charge in [-0.05, 0) is 49.8 Å². The zero-order valence-corrected chi connectivity index (χ0v) is 18.4. The Morgan fingerprint density at radius 1 is 1.06 bits per heavy atom. The normalized spacial score (nSPS) is 21.6. The van der Waals surface area contributed by atoms with Gasteiger partial charge in [0.2, 0.25) is 0 Å². The maximum absolute atomic E-state index is 13.2. The Bertz CT molecular complexity index is 973. The van der Waals surface area contributed by atoms with E-state index in [1.165, 1.54) is 17.3 Å². The molecule has 2 N–H and O–H groups in total. The van der Waals surface area contributed by atoms with E-state index in [4.69, 9.17) is 0 Å². The molecule has 0 spiro atoms. The zero-order chi connectivity index (χ0) is 21.8. The number of nitrogens with zero attached hydrogens (tertiary/aromatic N) is 1. The predicted octanol–water partition coefficient (Wildman–Crippen LogP) is 3.47. The first kappa shape index (κ1) is 21.4. The molecule has 0 bridgehead atoms. The highest BCUT2D eigenvalue weighted by Gasteiger charge is 2.42. The number of imide groups is 1. The van der Waals surface area contributed by atoms with Crippen LogP contribution in [0.5, 0.6) is 0 Å². The monoisotopic (exact) mass is 437 g/mol. The van der Waals surface area contributed by atoms with Gasteiger partial charge in [-0.3, -0.25) is 14.9 Å². The Labute approximate surface area is 186 Å². The number of carbonyl (C=O) groups is 3. The molecule has 7 heteroatoms. The van der Waals surface area contributed by atoms with E-state index in [2.05, 4.69) is 34.9 Å². The lowest BCUT2D eigenvalue weighted by Crippen LogP contribution is -2.46. The summed E-state index contributed by atoms with van der Waals surface area (Å²) in [6.07, 6.45) is 3.06. The number of benzene rings is 2. The standard InChI is InChI=1S/C24H27N3O3S/c1-24(22(29)25-23(30)26-24)16-31-20-10-6-5-9-19(20)21(28)27-13-11-18(12-14-27)15-17-7-3-2-4-8-17/h2-10,18H,11-16H2,1H3,(H2,25,26,29,30)/t24-/m1/s1. The minimum atomic E-state index is -0.978. The Hall–Kier alpha value is -2.80. The molecule has 0 unspecified atom stereocenters. The minimum Gasteiger partial charge on any atom is -0.339 e. The lowest BCUT2D eigenvalue weighted by molar-refractivity contribution is -0.122. The van der Waals surface area contributed by atoms with E-state index >= 15 is 0 Å². The van der Waals surface area contributed by atoms with Crippen LogP contribution >= 0.6 is 11.8 Å².